The fourth-order valence-corrected chi connectivity index (χ4v) is 2.81. The Kier molecular flexibility index (Phi) is 5.39. The largest absolute Gasteiger partial charge is 0.444 e. The lowest BCUT2D eigenvalue weighted by atomic mass is 10.0. The van der Waals surface area contributed by atoms with Gasteiger partial charge in [-0.3, -0.25) is 0 Å². The zero-order valence-corrected chi connectivity index (χ0v) is 14.6. The van der Waals surface area contributed by atoms with E-state index in [4.69, 9.17) is 10.5 Å². The summed E-state index contributed by atoms with van der Waals surface area (Å²) in [6.07, 6.45) is -3.35. The Hall–Kier alpha value is -2.12. The fourth-order valence-electron chi connectivity index (χ4n) is 2.81. The Balaban J connectivity index is 2.05. The molecule has 0 spiro atoms. The van der Waals surface area contributed by atoms with Crippen LogP contribution in [0.3, 0.4) is 0 Å². The van der Waals surface area contributed by atoms with E-state index < -0.39 is 23.4 Å². The van der Waals surface area contributed by atoms with Crippen LogP contribution in [0, 0.1) is 0 Å². The number of carbonyl (C=O) groups excluding carboxylic acids is 1. The van der Waals surface area contributed by atoms with E-state index >= 15 is 0 Å². The minimum Gasteiger partial charge on any atom is -0.444 e. The Bertz CT molecular complexity index is 627. The molecule has 0 unspecified atom stereocenters. The van der Waals surface area contributed by atoms with Gasteiger partial charge in [0.05, 0.1) is 16.9 Å². The monoisotopic (exact) mass is 359 g/mol. The molecule has 0 bridgehead atoms. The molecule has 5 nitrogen and oxygen atoms in total. The first-order valence-electron chi connectivity index (χ1n) is 8.17. The van der Waals surface area contributed by atoms with Crippen molar-refractivity contribution in [1.29, 1.82) is 0 Å². The zero-order chi connectivity index (χ0) is 18.8. The minimum absolute atomic E-state index is 0.0766. The number of anilines is 2. The molecule has 140 valence electrons. The van der Waals surface area contributed by atoms with Crippen LogP contribution in [0.5, 0.6) is 0 Å². The van der Waals surface area contributed by atoms with Crippen LogP contribution in [-0.2, 0) is 10.9 Å². The lowest BCUT2D eigenvalue weighted by Crippen LogP contribution is -2.49. The van der Waals surface area contributed by atoms with E-state index in [1.54, 1.807) is 20.8 Å². The molecule has 3 N–H and O–H groups in total. The van der Waals surface area contributed by atoms with Crippen LogP contribution in [0.15, 0.2) is 18.2 Å². The van der Waals surface area contributed by atoms with Crippen LogP contribution < -0.4 is 16.0 Å². The van der Waals surface area contributed by atoms with Gasteiger partial charge in [-0.05, 0) is 51.8 Å². The van der Waals surface area contributed by atoms with E-state index in [2.05, 4.69) is 5.32 Å². The summed E-state index contributed by atoms with van der Waals surface area (Å²) in [6, 6.07) is 3.20. The van der Waals surface area contributed by atoms with Crippen molar-refractivity contribution < 1.29 is 22.7 Å². The van der Waals surface area contributed by atoms with Crippen LogP contribution in [0.4, 0.5) is 29.3 Å². The molecule has 0 saturated carbocycles. The first-order valence-corrected chi connectivity index (χ1v) is 8.17. The zero-order valence-electron chi connectivity index (χ0n) is 14.6. The highest BCUT2D eigenvalue weighted by atomic mass is 19.4. The number of benzene rings is 1. The molecule has 0 radical (unpaired) electrons. The molecule has 8 heteroatoms. The van der Waals surface area contributed by atoms with E-state index in [0.717, 1.165) is 25.0 Å². The molecule has 1 atom stereocenters. The molecule has 25 heavy (non-hydrogen) atoms. The van der Waals surface area contributed by atoms with Crippen LogP contribution in [-0.4, -0.2) is 30.8 Å². The van der Waals surface area contributed by atoms with Crippen molar-refractivity contribution in [2.24, 2.45) is 0 Å². The van der Waals surface area contributed by atoms with Crippen molar-refractivity contribution in [2.45, 2.75) is 51.4 Å². The maximum Gasteiger partial charge on any atom is 0.416 e. The average Bonchev–Trinajstić information content (AvgIpc) is 2.44. The van der Waals surface area contributed by atoms with Crippen molar-refractivity contribution in [3.63, 3.8) is 0 Å². The molecule has 1 aromatic rings. The van der Waals surface area contributed by atoms with Crippen molar-refractivity contribution in [1.82, 2.24) is 5.32 Å². The third kappa shape index (κ3) is 5.44. The van der Waals surface area contributed by atoms with E-state index in [1.807, 2.05) is 4.90 Å². The van der Waals surface area contributed by atoms with E-state index in [-0.39, 0.29) is 11.7 Å². The maximum absolute atomic E-state index is 12.8. The Morgan fingerprint density at radius 1 is 1.32 bits per heavy atom. The SMILES string of the molecule is CC(C)(C)OC(=O)N[C@H]1CCCN(c2ccc(C(F)(F)F)cc2N)C1. The molecule has 1 aromatic carbocycles. The standard InChI is InChI=1S/C17H24F3N3O2/c1-16(2,3)25-15(24)22-12-5-4-8-23(10-12)14-7-6-11(9-13(14)21)17(18,19)20/h6-7,9,12H,4-5,8,10,21H2,1-3H3,(H,22,24)/t12-/m0/s1. The number of alkyl carbamates (subject to hydrolysis) is 1. The number of nitrogens with two attached hydrogens (primary N) is 1. The van der Waals surface area contributed by atoms with Gasteiger partial charge in [-0.2, -0.15) is 13.2 Å². The Morgan fingerprint density at radius 3 is 2.56 bits per heavy atom. The summed E-state index contributed by atoms with van der Waals surface area (Å²) in [5, 5.41) is 2.81. The number of ether oxygens (including phenoxy) is 1. The van der Waals surface area contributed by atoms with Crippen molar-refractivity contribution in [3.05, 3.63) is 23.8 Å². The summed E-state index contributed by atoms with van der Waals surface area (Å²) in [7, 11) is 0. The topological polar surface area (TPSA) is 67.6 Å². The van der Waals surface area contributed by atoms with E-state index in [9.17, 15) is 18.0 Å². The van der Waals surface area contributed by atoms with Crippen LogP contribution in [0.25, 0.3) is 0 Å². The molecular formula is C17H24F3N3O2. The molecular weight excluding hydrogens is 335 g/mol. The molecule has 1 amide bonds. The van der Waals surface area contributed by atoms with Crippen molar-refractivity contribution >= 4 is 17.5 Å². The number of hydrogen-bond acceptors (Lipinski definition) is 4. The average molecular weight is 359 g/mol. The van der Waals surface area contributed by atoms with Gasteiger partial charge in [0.25, 0.3) is 0 Å². The molecule has 1 aliphatic heterocycles. The lowest BCUT2D eigenvalue weighted by Gasteiger charge is -2.35. The number of hydrogen-bond donors (Lipinski definition) is 2. The summed E-state index contributed by atoms with van der Waals surface area (Å²) < 4.78 is 43.5. The maximum atomic E-state index is 12.8. The normalized spacial score (nSPS) is 18.8. The predicted molar refractivity (Wildman–Crippen MR) is 90.5 cm³/mol. The predicted octanol–water partition coefficient (Wildman–Crippen LogP) is 3.78. The minimum atomic E-state index is -4.42. The number of nitrogen functional groups attached to an aromatic ring is 1. The molecule has 0 aliphatic carbocycles. The highest BCUT2D eigenvalue weighted by molar-refractivity contribution is 5.70. The van der Waals surface area contributed by atoms with E-state index in [0.29, 0.717) is 18.8 Å². The van der Waals surface area contributed by atoms with Gasteiger partial charge in [-0.1, -0.05) is 0 Å². The summed E-state index contributed by atoms with van der Waals surface area (Å²) in [4.78, 5) is 13.8. The molecule has 2 rings (SSSR count). The summed E-state index contributed by atoms with van der Waals surface area (Å²) in [5.74, 6) is 0. The smallest absolute Gasteiger partial charge is 0.416 e. The van der Waals surface area contributed by atoms with E-state index in [1.165, 1.54) is 6.07 Å². The highest BCUT2D eigenvalue weighted by Crippen LogP contribution is 2.34. The van der Waals surface area contributed by atoms with Crippen molar-refractivity contribution in [3.8, 4) is 0 Å². The van der Waals surface area contributed by atoms with Gasteiger partial charge in [0.15, 0.2) is 0 Å². The van der Waals surface area contributed by atoms with Gasteiger partial charge in [0.2, 0.25) is 0 Å². The quantitative estimate of drug-likeness (QED) is 0.789. The van der Waals surface area contributed by atoms with Gasteiger partial charge < -0.3 is 20.7 Å². The molecule has 1 aliphatic rings. The number of alkyl halides is 3. The van der Waals surface area contributed by atoms with Crippen LogP contribution >= 0.6 is 0 Å². The van der Waals surface area contributed by atoms with Crippen molar-refractivity contribution in [2.75, 3.05) is 23.7 Å². The van der Waals surface area contributed by atoms with Gasteiger partial charge in [-0.25, -0.2) is 4.79 Å². The van der Waals surface area contributed by atoms with Crippen LogP contribution in [0.2, 0.25) is 0 Å². The lowest BCUT2D eigenvalue weighted by molar-refractivity contribution is -0.137. The second kappa shape index (κ2) is 7.01. The number of carbonyl (C=O) groups is 1. The number of piperidine rings is 1. The van der Waals surface area contributed by atoms with Gasteiger partial charge >= 0.3 is 12.3 Å². The summed E-state index contributed by atoms with van der Waals surface area (Å²) in [5.41, 5.74) is 5.09. The molecule has 1 fully saturated rings. The second-order valence-corrected chi connectivity index (χ2v) is 7.20. The molecule has 1 saturated heterocycles. The number of halogens is 3. The number of nitrogens with zero attached hydrogens (tertiary/aromatic N) is 1. The first-order chi connectivity index (χ1) is 11.5. The molecule has 1 heterocycles. The number of rotatable bonds is 2. The van der Waals surface area contributed by atoms with Gasteiger partial charge in [-0.15, -0.1) is 0 Å². The number of amides is 1. The highest BCUT2D eigenvalue weighted by Gasteiger charge is 2.32. The van der Waals surface area contributed by atoms with Gasteiger partial charge in [0, 0.05) is 19.1 Å². The third-order valence-corrected chi connectivity index (χ3v) is 3.84. The summed E-state index contributed by atoms with van der Waals surface area (Å²) in [6.45, 7) is 6.48. The second-order valence-electron chi connectivity index (χ2n) is 7.20. The molecule has 0 aromatic heterocycles. The van der Waals surface area contributed by atoms with Gasteiger partial charge in [0.1, 0.15) is 5.60 Å². The Labute approximate surface area is 145 Å². The number of nitrogens with one attached hydrogen (secondary N) is 1. The summed E-state index contributed by atoms with van der Waals surface area (Å²) >= 11 is 0. The first kappa shape index (κ1) is 19.2. The third-order valence-electron chi connectivity index (χ3n) is 3.84. The van der Waals surface area contributed by atoms with Crippen LogP contribution in [0.1, 0.15) is 39.2 Å². The Morgan fingerprint density at radius 2 is 2.00 bits per heavy atom. The fraction of sp³-hybridized carbons (Fsp3) is 0.588.